The second-order valence-corrected chi connectivity index (χ2v) is 6.55. The molecule has 0 aromatic rings. The standard InChI is InChI=1S/C14H27N3O2/c1-14(2,3)15-12(18)10-13(19)17-8-6-11(7-9-17)16(4)5/h11H,6-10H2,1-5H3,(H,15,18). The molecule has 1 heterocycles. The number of nitrogens with one attached hydrogen (secondary N) is 1. The molecule has 1 aliphatic rings. The van der Waals surface area contributed by atoms with E-state index < -0.39 is 0 Å². The molecule has 0 spiro atoms. The van der Waals surface area contributed by atoms with Gasteiger partial charge in [-0.3, -0.25) is 9.59 Å². The van der Waals surface area contributed by atoms with Gasteiger partial charge in [0.2, 0.25) is 11.8 Å². The van der Waals surface area contributed by atoms with E-state index in [-0.39, 0.29) is 23.8 Å². The average Bonchev–Trinajstić information content (AvgIpc) is 2.26. The molecule has 1 rings (SSSR count). The third-order valence-electron chi connectivity index (χ3n) is 3.37. The van der Waals surface area contributed by atoms with Gasteiger partial charge in [-0.05, 0) is 47.7 Å². The molecule has 0 aromatic heterocycles. The van der Waals surface area contributed by atoms with Gasteiger partial charge in [0, 0.05) is 24.7 Å². The molecule has 0 aliphatic carbocycles. The van der Waals surface area contributed by atoms with Crippen LogP contribution in [0.1, 0.15) is 40.0 Å². The average molecular weight is 269 g/mol. The highest BCUT2D eigenvalue weighted by Gasteiger charge is 2.25. The van der Waals surface area contributed by atoms with E-state index in [1.807, 2.05) is 25.7 Å². The second kappa shape index (κ2) is 6.37. The molecule has 1 N–H and O–H groups in total. The number of carbonyl (C=O) groups is 2. The minimum atomic E-state index is -0.282. The van der Waals surface area contributed by atoms with Gasteiger partial charge in [0.25, 0.3) is 0 Å². The number of hydrogen-bond donors (Lipinski definition) is 1. The van der Waals surface area contributed by atoms with Gasteiger partial charge < -0.3 is 15.1 Å². The monoisotopic (exact) mass is 269 g/mol. The minimum Gasteiger partial charge on any atom is -0.351 e. The molecular weight excluding hydrogens is 242 g/mol. The molecule has 0 unspecified atom stereocenters. The molecule has 1 saturated heterocycles. The van der Waals surface area contributed by atoms with Crippen LogP contribution in [0.5, 0.6) is 0 Å². The van der Waals surface area contributed by atoms with Gasteiger partial charge in [0.05, 0.1) is 0 Å². The first-order valence-electron chi connectivity index (χ1n) is 6.94. The van der Waals surface area contributed by atoms with E-state index in [2.05, 4.69) is 24.3 Å². The number of nitrogens with zero attached hydrogens (tertiary/aromatic N) is 2. The van der Waals surface area contributed by atoms with Crippen molar-refractivity contribution >= 4 is 11.8 Å². The van der Waals surface area contributed by atoms with Crippen molar-refractivity contribution in [3.63, 3.8) is 0 Å². The highest BCUT2D eigenvalue weighted by Crippen LogP contribution is 2.15. The summed E-state index contributed by atoms with van der Waals surface area (Å²) in [5, 5.41) is 2.82. The highest BCUT2D eigenvalue weighted by molar-refractivity contribution is 5.97. The highest BCUT2D eigenvalue weighted by atomic mass is 16.2. The van der Waals surface area contributed by atoms with Crippen LogP contribution in [0.2, 0.25) is 0 Å². The predicted molar refractivity (Wildman–Crippen MR) is 75.8 cm³/mol. The molecule has 2 amide bonds. The summed E-state index contributed by atoms with van der Waals surface area (Å²) >= 11 is 0. The molecule has 0 aromatic carbocycles. The predicted octanol–water partition coefficient (Wildman–Crippen LogP) is 0.844. The summed E-state index contributed by atoms with van der Waals surface area (Å²) in [4.78, 5) is 27.8. The van der Waals surface area contributed by atoms with E-state index >= 15 is 0 Å². The molecule has 19 heavy (non-hydrogen) atoms. The summed E-state index contributed by atoms with van der Waals surface area (Å²) in [5.74, 6) is -0.244. The Kier molecular flexibility index (Phi) is 5.35. The van der Waals surface area contributed by atoms with E-state index in [4.69, 9.17) is 0 Å². The van der Waals surface area contributed by atoms with Crippen molar-refractivity contribution in [2.24, 2.45) is 0 Å². The fourth-order valence-corrected chi connectivity index (χ4v) is 2.34. The largest absolute Gasteiger partial charge is 0.351 e. The lowest BCUT2D eigenvalue weighted by molar-refractivity contribution is -0.137. The van der Waals surface area contributed by atoms with Gasteiger partial charge in [-0.1, -0.05) is 0 Å². The van der Waals surface area contributed by atoms with Crippen molar-refractivity contribution < 1.29 is 9.59 Å². The lowest BCUT2D eigenvalue weighted by Crippen LogP contribution is -2.47. The van der Waals surface area contributed by atoms with E-state index in [0.717, 1.165) is 25.9 Å². The number of hydrogen-bond acceptors (Lipinski definition) is 3. The number of carbonyl (C=O) groups excluding carboxylic acids is 2. The lowest BCUT2D eigenvalue weighted by Gasteiger charge is -2.35. The van der Waals surface area contributed by atoms with Crippen LogP contribution in [0.25, 0.3) is 0 Å². The molecule has 110 valence electrons. The summed E-state index contributed by atoms with van der Waals surface area (Å²) in [6.45, 7) is 7.25. The summed E-state index contributed by atoms with van der Waals surface area (Å²) in [7, 11) is 4.14. The molecule has 0 atom stereocenters. The Morgan fingerprint density at radius 1 is 1.21 bits per heavy atom. The Morgan fingerprint density at radius 2 is 1.74 bits per heavy atom. The van der Waals surface area contributed by atoms with Crippen molar-refractivity contribution in [1.29, 1.82) is 0 Å². The molecule has 1 aliphatic heterocycles. The normalized spacial score (nSPS) is 17.7. The maximum absolute atomic E-state index is 12.0. The van der Waals surface area contributed by atoms with Gasteiger partial charge in [-0.25, -0.2) is 0 Å². The molecule has 0 bridgehead atoms. The zero-order chi connectivity index (χ0) is 14.6. The van der Waals surface area contributed by atoms with Crippen LogP contribution < -0.4 is 5.32 Å². The van der Waals surface area contributed by atoms with Crippen LogP contribution in [0.4, 0.5) is 0 Å². The number of piperidine rings is 1. The van der Waals surface area contributed by atoms with Crippen LogP contribution in [0, 0.1) is 0 Å². The second-order valence-electron chi connectivity index (χ2n) is 6.55. The zero-order valence-electron chi connectivity index (χ0n) is 12.8. The van der Waals surface area contributed by atoms with Crippen molar-refractivity contribution in [2.45, 2.75) is 51.6 Å². The van der Waals surface area contributed by atoms with E-state index in [1.54, 1.807) is 0 Å². The third kappa shape index (κ3) is 5.59. The fourth-order valence-electron chi connectivity index (χ4n) is 2.34. The summed E-state index contributed by atoms with van der Waals surface area (Å²) < 4.78 is 0. The van der Waals surface area contributed by atoms with Gasteiger partial charge in [-0.2, -0.15) is 0 Å². The Hall–Kier alpha value is -1.10. The van der Waals surface area contributed by atoms with Crippen LogP contribution >= 0.6 is 0 Å². The first-order chi connectivity index (χ1) is 8.69. The fraction of sp³-hybridized carbons (Fsp3) is 0.857. The van der Waals surface area contributed by atoms with E-state index in [0.29, 0.717) is 6.04 Å². The van der Waals surface area contributed by atoms with Crippen LogP contribution in [-0.2, 0) is 9.59 Å². The maximum Gasteiger partial charge on any atom is 0.232 e. The summed E-state index contributed by atoms with van der Waals surface area (Å²) in [6, 6.07) is 0.549. The molecule has 1 fully saturated rings. The smallest absolute Gasteiger partial charge is 0.232 e. The quantitative estimate of drug-likeness (QED) is 0.773. The lowest BCUT2D eigenvalue weighted by atomic mass is 10.0. The third-order valence-corrected chi connectivity index (χ3v) is 3.37. The Balaban J connectivity index is 2.37. The molecule has 0 saturated carbocycles. The molecule has 0 radical (unpaired) electrons. The topological polar surface area (TPSA) is 52.7 Å². The van der Waals surface area contributed by atoms with Crippen molar-refractivity contribution in [2.75, 3.05) is 27.2 Å². The Morgan fingerprint density at radius 3 is 2.16 bits per heavy atom. The van der Waals surface area contributed by atoms with Crippen LogP contribution in [0.15, 0.2) is 0 Å². The molecule has 5 heteroatoms. The van der Waals surface area contributed by atoms with Gasteiger partial charge in [0.1, 0.15) is 6.42 Å². The van der Waals surface area contributed by atoms with Crippen LogP contribution in [0.3, 0.4) is 0 Å². The molecule has 5 nitrogen and oxygen atoms in total. The van der Waals surface area contributed by atoms with Crippen molar-refractivity contribution in [3.8, 4) is 0 Å². The Bertz CT molecular complexity index is 326. The van der Waals surface area contributed by atoms with Gasteiger partial charge in [0.15, 0.2) is 0 Å². The number of amides is 2. The summed E-state index contributed by atoms with van der Waals surface area (Å²) in [6.07, 6.45) is 1.93. The van der Waals surface area contributed by atoms with Crippen molar-refractivity contribution in [1.82, 2.24) is 15.1 Å². The van der Waals surface area contributed by atoms with Crippen LogP contribution in [-0.4, -0.2) is 60.4 Å². The number of rotatable bonds is 3. The summed E-state index contributed by atoms with van der Waals surface area (Å²) in [5.41, 5.74) is -0.282. The minimum absolute atomic E-state index is 0.0378. The van der Waals surface area contributed by atoms with E-state index in [9.17, 15) is 9.59 Å². The first kappa shape index (κ1) is 16.0. The number of likely N-dealkylation sites (tertiary alicyclic amines) is 1. The first-order valence-corrected chi connectivity index (χ1v) is 6.94. The Labute approximate surface area is 116 Å². The SMILES string of the molecule is CN(C)C1CCN(C(=O)CC(=O)NC(C)(C)C)CC1. The van der Waals surface area contributed by atoms with Gasteiger partial charge in [-0.15, -0.1) is 0 Å². The molecular formula is C14H27N3O2. The van der Waals surface area contributed by atoms with Gasteiger partial charge >= 0.3 is 0 Å². The maximum atomic E-state index is 12.0. The zero-order valence-corrected chi connectivity index (χ0v) is 12.8. The van der Waals surface area contributed by atoms with Crippen molar-refractivity contribution in [3.05, 3.63) is 0 Å². The van der Waals surface area contributed by atoms with E-state index in [1.165, 1.54) is 0 Å².